The van der Waals surface area contributed by atoms with Gasteiger partial charge in [0.2, 0.25) is 0 Å². The van der Waals surface area contributed by atoms with Crippen LogP contribution in [0.2, 0.25) is 17.5 Å². The first kappa shape index (κ1) is 13.7. The fourth-order valence-electron chi connectivity index (χ4n) is 1.27. The van der Waals surface area contributed by atoms with Gasteiger partial charge >= 0.3 is 80.9 Å². The van der Waals surface area contributed by atoms with Gasteiger partial charge < -0.3 is 0 Å². The summed E-state index contributed by atoms with van der Waals surface area (Å²) in [6, 6.07) is 10.9. The summed E-state index contributed by atoms with van der Waals surface area (Å²) in [7, 11) is -1.07. The average molecular weight is 409 g/mol. The van der Waals surface area contributed by atoms with Crippen molar-refractivity contribution in [1.29, 1.82) is 0 Å². The molecule has 0 spiro atoms. The first-order valence-electron chi connectivity index (χ1n) is 5.40. The van der Waals surface area contributed by atoms with Gasteiger partial charge in [-0.2, -0.15) is 0 Å². The van der Waals surface area contributed by atoms with Crippen molar-refractivity contribution in [3.8, 4) is 0 Å². The Hall–Kier alpha value is -0.395. The van der Waals surface area contributed by atoms with E-state index in [2.05, 4.69) is 63.2 Å². The van der Waals surface area contributed by atoms with E-state index >= 15 is 0 Å². The SMILES string of the molecule is C[Si](C)([CH2][Pt])c1ccccc1.[CH]1C=CC=C1. The van der Waals surface area contributed by atoms with E-state index in [1.54, 1.807) is 5.19 Å². The largest absolute Gasteiger partial charge is 0.0767 e. The van der Waals surface area contributed by atoms with Crippen molar-refractivity contribution < 1.29 is 19.8 Å². The number of hydrogen-bond acceptors (Lipinski definition) is 0. The summed E-state index contributed by atoms with van der Waals surface area (Å²) in [5.41, 5.74) is 0. The van der Waals surface area contributed by atoms with E-state index in [9.17, 15) is 0 Å². The van der Waals surface area contributed by atoms with Crippen molar-refractivity contribution in [1.82, 2.24) is 0 Å². The van der Waals surface area contributed by atoms with Gasteiger partial charge in [-0.25, -0.2) is 0 Å². The van der Waals surface area contributed by atoms with Gasteiger partial charge in [-0.15, -0.1) is 0 Å². The van der Waals surface area contributed by atoms with Gasteiger partial charge in [-0.05, 0) is 0 Å². The molecule has 0 saturated heterocycles. The zero-order chi connectivity index (χ0) is 11.9. The molecule has 0 aliphatic heterocycles. The van der Waals surface area contributed by atoms with Crippen molar-refractivity contribution in [2.45, 2.75) is 17.5 Å². The smallest absolute Gasteiger partial charge is 0.00506 e. The Kier molecular flexibility index (Phi) is 6.01. The first-order valence-corrected chi connectivity index (χ1v) is 10.2. The molecule has 16 heavy (non-hydrogen) atoms. The minimum atomic E-state index is -1.07. The first-order chi connectivity index (χ1) is 7.67. The summed E-state index contributed by atoms with van der Waals surface area (Å²) in [6.07, 6.45) is 10.0. The second-order valence-corrected chi connectivity index (χ2v) is 11.3. The van der Waals surface area contributed by atoms with Gasteiger partial charge in [0.15, 0.2) is 0 Å². The van der Waals surface area contributed by atoms with Gasteiger partial charge in [-0.1, -0.05) is 24.3 Å². The van der Waals surface area contributed by atoms with Crippen molar-refractivity contribution in [2.75, 3.05) is 0 Å². The quantitative estimate of drug-likeness (QED) is 0.657. The molecule has 0 nitrogen and oxygen atoms in total. The van der Waals surface area contributed by atoms with Crippen LogP contribution in [0.4, 0.5) is 0 Å². The van der Waals surface area contributed by atoms with Gasteiger partial charge in [0.25, 0.3) is 0 Å². The molecule has 1 radical (unpaired) electrons. The van der Waals surface area contributed by atoms with Gasteiger partial charge in [0.05, 0.1) is 0 Å². The van der Waals surface area contributed by atoms with E-state index in [-0.39, 0.29) is 0 Å². The van der Waals surface area contributed by atoms with E-state index in [1.807, 2.05) is 30.7 Å². The normalized spacial score (nSPS) is 13.5. The van der Waals surface area contributed by atoms with Crippen LogP contribution in [-0.2, 0) is 19.8 Å². The maximum atomic E-state index is 2.48. The molecule has 0 bridgehead atoms. The number of hydrogen-bond donors (Lipinski definition) is 0. The molecule has 88 valence electrons. The fraction of sp³-hybridized carbons (Fsp3) is 0.214. The predicted molar refractivity (Wildman–Crippen MR) is 70.9 cm³/mol. The monoisotopic (exact) mass is 409 g/mol. The van der Waals surface area contributed by atoms with Crippen LogP contribution in [0.15, 0.2) is 54.6 Å². The molecule has 2 rings (SSSR count). The fourth-order valence-corrected chi connectivity index (χ4v) is 3.89. The van der Waals surface area contributed by atoms with Crippen molar-refractivity contribution in [3.05, 3.63) is 61.1 Å². The second-order valence-electron chi connectivity index (χ2n) is 4.32. The molecule has 0 unspecified atom stereocenters. The Morgan fingerprint density at radius 1 is 0.938 bits per heavy atom. The topological polar surface area (TPSA) is 0 Å². The summed E-state index contributed by atoms with van der Waals surface area (Å²) < 4.78 is 1.30. The van der Waals surface area contributed by atoms with Crippen molar-refractivity contribution >= 4 is 13.3 Å². The minimum absolute atomic E-state index is 1.07. The number of rotatable bonds is 2. The molecule has 0 atom stereocenters. The second kappa shape index (κ2) is 7.03. The van der Waals surface area contributed by atoms with Gasteiger partial charge in [0.1, 0.15) is 0 Å². The Bertz CT molecular complexity index is 342. The molecular formula is C14H18PtSi. The van der Waals surface area contributed by atoms with Crippen molar-refractivity contribution in [3.63, 3.8) is 0 Å². The van der Waals surface area contributed by atoms with Crippen LogP contribution in [0.3, 0.4) is 0 Å². The molecule has 1 aliphatic carbocycles. The van der Waals surface area contributed by atoms with Crippen LogP contribution in [0.1, 0.15) is 0 Å². The Morgan fingerprint density at radius 2 is 1.50 bits per heavy atom. The van der Waals surface area contributed by atoms with Gasteiger partial charge in [-0.3, -0.25) is 0 Å². The summed E-state index contributed by atoms with van der Waals surface area (Å²) in [6.45, 7) is 4.82. The van der Waals surface area contributed by atoms with E-state index < -0.39 is 8.07 Å². The molecule has 0 N–H and O–H groups in total. The van der Waals surface area contributed by atoms with Crippen LogP contribution in [0.5, 0.6) is 0 Å². The number of benzene rings is 1. The summed E-state index contributed by atoms with van der Waals surface area (Å²) in [5.74, 6) is 0. The van der Waals surface area contributed by atoms with E-state index in [0.717, 1.165) is 0 Å². The van der Waals surface area contributed by atoms with Crippen LogP contribution >= 0.6 is 0 Å². The molecular weight excluding hydrogens is 391 g/mol. The van der Waals surface area contributed by atoms with Crippen LogP contribution in [-0.4, -0.2) is 8.07 Å². The molecule has 1 aromatic rings. The van der Waals surface area contributed by atoms with Crippen LogP contribution < -0.4 is 5.19 Å². The van der Waals surface area contributed by atoms with Crippen molar-refractivity contribution in [2.24, 2.45) is 0 Å². The van der Waals surface area contributed by atoms with Crippen LogP contribution in [0.25, 0.3) is 0 Å². The average Bonchev–Trinajstić information content (AvgIpc) is 2.89. The third kappa shape index (κ3) is 4.63. The zero-order valence-electron chi connectivity index (χ0n) is 9.80. The maximum Gasteiger partial charge on any atom is 0.00506 e. The summed E-state index contributed by atoms with van der Waals surface area (Å²) in [5, 5.41) is 1.56. The molecule has 2 heteroatoms. The third-order valence-corrected chi connectivity index (χ3v) is 10.9. The minimum Gasteiger partial charge on any atom is -0.0767 e. The van der Waals surface area contributed by atoms with E-state index in [1.165, 1.54) is 4.43 Å². The predicted octanol–water partition coefficient (Wildman–Crippen LogP) is 3.42. The van der Waals surface area contributed by atoms with E-state index in [4.69, 9.17) is 0 Å². The Morgan fingerprint density at radius 3 is 1.88 bits per heavy atom. The molecule has 0 fully saturated rings. The third-order valence-electron chi connectivity index (χ3n) is 2.39. The Labute approximate surface area is 111 Å². The molecule has 0 heterocycles. The Balaban J connectivity index is 0.000000212. The summed E-state index contributed by atoms with van der Waals surface area (Å²) >= 11 is 2.48. The number of allylic oxidation sites excluding steroid dienone is 4. The summed E-state index contributed by atoms with van der Waals surface area (Å²) in [4.78, 5) is 0. The standard InChI is InChI=1S/C9H13Si.C5H5.Pt/c1-10(2,3)9-7-5-4-6-8-9;1-2-4-5-3-1;/h4-8H,1H2,2-3H3;1-5H;. The zero-order valence-corrected chi connectivity index (χ0v) is 13.1. The molecule has 0 amide bonds. The molecule has 1 aliphatic rings. The van der Waals surface area contributed by atoms with E-state index in [0.29, 0.717) is 0 Å². The molecule has 0 aromatic heterocycles. The molecule has 1 aromatic carbocycles. The van der Waals surface area contributed by atoms with Crippen LogP contribution in [0, 0.1) is 6.42 Å². The maximum absolute atomic E-state index is 2.48. The van der Waals surface area contributed by atoms with Gasteiger partial charge in [0, 0.05) is 6.42 Å². The molecule has 0 saturated carbocycles.